The van der Waals surface area contributed by atoms with Gasteiger partial charge in [-0.05, 0) is 38.0 Å². The lowest BCUT2D eigenvalue weighted by Crippen LogP contribution is -2.12. The monoisotopic (exact) mass is 338 g/mol. The second-order valence-corrected chi connectivity index (χ2v) is 6.88. The van der Waals surface area contributed by atoms with Gasteiger partial charge in [0.15, 0.2) is 0 Å². The van der Waals surface area contributed by atoms with Crippen LogP contribution in [-0.4, -0.2) is 16.9 Å². The van der Waals surface area contributed by atoms with Gasteiger partial charge in [-0.2, -0.15) is 0 Å². The van der Waals surface area contributed by atoms with E-state index in [0.29, 0.717) is 18.1 Å². The van der Waals surface area contributed by atoms with Crippen LogP contribution in [0.4, 0.5) is 0 Å². The molecular formula is C21H38O3. The summed E-state index contributed by atoms with van der Waals surface area (Å²) in [5, 5.41) is 8.21. The number of ketones is 1. The molecule has 1 atom stereocenters. The Kier molecular flexibility index (Phi) is 15.9. The molecule has 0 amide bonds. The normalized spacial score (nSPS) is 17.6. The maximum Gasteiger partial charge on any atom is 0.303 e. The standard InChI is InChI=1S/C14H24O.C7H14O2/c1-2-3-4-5-6-7-9-13-10-8-11-14(15)12-13;1-2-3-4-5-6-7(8)9/h7,9,13H,2-6,8,10-12H2,1H3;2-6H2,1H3,(H,8,9)/b9-7+;/t13-;/m0./s1. The summed E-state index contributed by atoms with van der Waals surface area (Å²) < 4.78 is 0. The molecule has 3 heteroatoms. The minimum absolute atomic E-state index is 0.333. The summed E-state index contributed by atoms with van der Waals surface area (Å²) in [5.41, 5.74) is 0. The third-order valence-corrected chi connectivity index (χ3v) is 4.40. The van der Waals surface area contributed by atoms with E-state index in [4.69, 9.17) is 5.11 Å². The first-order valence-electron chi connectivity index (χ1n) is 10.00. The first kappa shape index (κ1) is 22.9. The van der Waals surface area contributed by atoms with Gasteiger partial charge in [-0.1, -0.05) is 64.5 Å². The molecule has 0 heterocycles. The lowest BCUT2D eigenvalue weighted by Gasteiger charge is -2.16. The van der Waals surface area contributed by atoms with Gasteiger partial charge in [-0.3, -0.25) is 9.59 Å². The molecule has 0 unspecified atom stereocenters. The summed E-state index contributed by atoms with van der Waals surface area (Å²) >= 11 is 0. The smallest absolute Gasteiger partial charge is 0.303 e. The highest BCUT2D eigenvalue weighted by Gasteiger charge is 2.16. The average Bonchev–Trinajstić information content (AvgIpc) is 2.55. The Morgan fingerprint density at radius 3 is 2.33 bits per heavy atom. The number of carboxylic acid groups (broad SMARTS) is 1. The van der Waals surface area contributed by atoms with E-state index in [1.165, 1.54) is 44.9 Å². The Balaban J connectivity index is 0.000000506. The zero-order valence-electron chi connectivity index (χ0n) is 15.9. The molecule has 1 fully saturated rings. The number of carbonyl (C=O) groups is 2. The van der Waals surface area contributed by atoms with Gasteiger partial charge in [0, 0.05) is 19.3 Å². The Morgan fingerprint density at radius 2 is 1.75 bits per heavy atom. The molecule has 0 saturated heterocycles. The maximum atomic E-state index is 11.2. The van der Waals surface area contributed by atoms with Crippen molar-refractivity contribution in [1.29, 1.82) is 0 Å². The van der Waals surface area contributed by atoms with Crippen molar-refractivity contribution in [2.45, 2.75) is 104 Å². The molecule has 1 rings (SSSR count). The van der Waals surface area contributed by atoms with Crippen LogP contribution in [0.1, 0.15) is 104 Å². The molecule has 0 aromatic heterocycles. The predicted molar refractivity (Wildman–Crippen MR) is 101 cm³/mol. The Hall–Kier alpha value is -1.12. The number of unbranched alkanes of at least 4 members (excludes halogenated alkanes) is 7. The fraction of sp³-hybridized carbons (Fsp3) is 0.810. The minimum Gasteiger partial charge on any atom is -0.481 e. The van der Waals surface area contributed by atoms with Crippen LogP contribution in [0.5, 0.6) is 0 Å². The van der Waals surface area contributed by atoms with Crippen molar-refractivity contribution in [2.75, 3.05) is 0 Å². The van der Waals surface area contributed by atoms with Gasteiger partial charge < -0.3 is 5.11 Å². The number of carbonyl (C=O) groups excluding carboxylic acids is 1. The molecule has 1 N–H and O–H groups in total. The van der Waals surface area contributed by atoms with Crippen LogP contribution < -0.4 is 0 Å². The van der Waals surface area contributed by atoms with E-state index in [9.17, 15) is 9.59 Å². The fourth-order valence-electron chi connectivity index (χ4n) is 2.90. The highest BCUT2D eigenvalue weighted by molar-refractivity contribution is 5.79. The summed E-state index contributed by atoms with van der Waals surface area (Å²) in [5.74, 6) is 0.338. The van der Waals surface area contributed by atoms with Gasteiger partial charge in [0.1, 0.15) is 5.78 Å². The SMILES string of the molecule is CCCCCC/C=C/[C@H]1CCCC(=O)C1.CCCCCCC(=O)O. The molecule has 0 bridgehead atoms. The fourth-order valence-corrected chi connectivity index (χ4v) is 2.90. The van der Waals surface area contributed by atoms with E-state index in [2.05, 4.69) is 26.0 Å². The summed E-state index contributed by atoms with van der Waals surface area (Å²) in [6.07, 6.45) is 19.6. The molecule has 140 valence electrons. The zero-order chi connectivity index (χ0) is 18.0. The van der Waals surface area contributed by atoms with Crippen LogP contribution in [0.3, 0.4) is 0 Å². The molecule has 1 saturated carbocycles. The van der Waals surface area contributed by atoms with E-state index < -0.39 is 5.97 Å². The zero-order valence-corrected chi connectivity index (χ0v) is 15.9. The Bertz CT molecular complexity index is 347. The highest BCUT2D eigenvalue weighted by atomic mass is 16.4. The largest absolute Gasteiger partial charge is 0.481 e. The number of carboxylic acids is 1. The molecule has 0 radical (unpaired) electrons. The first-order chi connectivity index (χ1) is 11.6. The number of rotatable bonds is 11. The molecule has 0 aromatic rings. The first-order valence-corrected chi connectivity index (χ1v) is 10.00. The van der Waals surface area contributed by atoms with Gasteiger partial charge in [0.2, 0.25) is 0 Å². The van der Waals surface area contributed by atoms with Gasteiger partial charge in [-0.15, -0.1) is 0 Å². The molecule has 24 heavy (non-hydrogen) atoms. The van der Waals surface area contributed by atoms with Crippen LogP contribution in [0.2, 0.25) is 0 Å². The summed E-state index contributed by atoms with van der Waals surface area (Å²) in [6, 6.07) is 0. The number of aliphatic carboxylic acids is 1. The molecule has 0 aromatic carbocycles. The van der Waals surface area contributed by atoms with E-state index in [-0.39, 0.29) is 0 Å². The van der Waals surface area contributed by atoms with Gasteiger partial charge in [-0.25, -0.2) is 0 Å². The van der Waals surface area contributed by atoms with Crippen molar-refractivity contribution >= 4 is 11.8 Å². The summed E-state index contributed by atoms with van der Waals surface area (Å²) in [6.45, 7) is 4.35. The Labute approximate surface area is 148 Å². The third-order valence-electron chi connectivity index (χ3n) is 4.40. The van der Waals surface area contributed by atoms with Gasteiger partial charge in [0.05, 0.1) is 0 Å². The van der Waals surface area contributed by atoms with E-state index >= 15 is 0 Å². The average molecular weight is 339 g/mol. The summed E-state index contributed by atoms with van der Waals surface area (Å²) in [7, 11) is 0. The third kappa shape index (κ3) is 15.8. The second-order valence-electron chi connectivity index (χ2n) is 6.88. The van der Waals surface area contributed by atoms with Crippen molar-refractivity contribution in [3.05, 3.63) is 12.2 Å². The Morgan fingerprint density at radius 1 is 1.08 bits per heavy atom. The minimum atomic E-state index is -0.675. The second kappa shape index (κ2) is 16.7. The number of hydrogen-bond donors (Lipinski definition) is 1. The van der Waals surface area contributed by atoms with Crippen molar-refractivity contribution in [2.24, 2.45) is 5.92 Å². The van der Waals surface area contributed by atoms with Crippen LogP contribution in [-0.2, 0) is 9.59 Å². The predicted octanol–water partition coefficient (Wildman–Crippen LogP) is 6.31. The molecule has 0 spiro atoms. The highest BCUT2D eigenvalue weighted by Crippen LogP contribution is 2.22. The topological polar surface area (TPSA) is 54.4 Å². The number of hydrogen-bond acceptors (Lipinski definition) is 2. The maximum absolute atomic E-state index is 11.2. The lowest BCUT2D eigenvalue weighted by molar-refractivity contribution is -0.137. The quantitative estimate of drug-likeness (QED) is 0.354. The van der Waals surface area contributed by atoms with E-state index in [0.717, 1.165) is 38.5 Å². The molecular weight excluding hydrogens is 300 g/mol. The van der Waals surface area contributed by atoms with Crippen LogP contribution in [0.25, 0.3) is 0 Å². The van der Waals surface area contributed by atoms with Crippen LogP contribution >= 0.6 is 0 Å². The van der Waals surface area contributed by atoms with E-state index in [1.807, 2.05) is 0 Å². The molecule has 1 aliphatic carbocycles. The van der Waals surface area contributed by atoms with E-state index in [1.54, 1.807) is 0 Å². The van der Waals surface area contributed by atoms with Crippen molar-refractivity contribution in [3.8, 4) is 0 Å². The van der Waals surface area contributed by atoms with Gasteiger partial charge in [0.25, 0.3) is 0 Å². The van der Waals surface area contributed by atoms with Crippen LogP contribution in [0, 0.1) is 5.92 Å². The van der Waals surface area contributed by atoms with Crippen molar-refractivity contribution < 1.29 is 14.7 Å². The molecule has 1 aliphatic rings. The van der Waals surface area contributed by atoms with Gasteiger partial charge >= 0.3 is 5.97 Å². The number of Topliss-reactive ketones (excluding diaryl/α,β-unsaturated/α-hetero) is 1. The number of allylic oxidation sites excluding steroid dienone is 2. The lowest BCUT2D eigenvalue weighted by atomic mass is 9.88. The van der Waals surface area contributed by atoms with Crippen molar-refractivity contribution in [3.63, 3.8) is 0 Å². The van der Waals surface area contributed by atoms with Crippen molar-refractivity contribution in [1.82, 2.24) is 0 Å². The molecule has 3 nitrogen and oxygen atoms in total. The van der Waals surface area contributed by atoms with Crippen LogP contribution in [0.15, 0.2) is 12.2 Å². The summed E-state index contributed by atoms with van der Waals surface area (Å²) in [4.78, 5) is 21.2. The molecule has 0 aliphatic heterocycles.